The highest BCUT2D eigenvalue weighted by molar-refractivity contribution is 6.04. The van der Waals surface area contributed by atoms with Crippen LogP contribution in [0.1, 0.15) is 10.4 Å². The van der Waals surface area contributed by atoms with Gasteiger partial charge in [-0.15, -0.1) is 0 Å². The van der Waals surface area contributed by atoms with E-state index in [-0.39, 0.29) is 5.91 Å². The van der Waals surface area contributed by atoms with Gasteiger partial charge in [-0.3, -0.25) is 4.79 Å². The lowest BCUT2D eigenvalue weighted by Gasteiger charge is -2.09. The molecule has 0 unspecified atom stereocenters. The first kappa shape index (κ1) is 14.6. The van der Waals surface area contributed by atoms with Crippen molar-refractivity contribution in [3.8, 4) is 17.4 Å². The number of aromatic nitrogens is 2. The van der Waals surface area contributed by atoms with Gasteiger partial charge in [-0.05, 0) is 24.3 Å². The van der Waals surface area contributed by atoms with Crippen LogP contribution >= 0.6 is 0 Å². The normalized spacial score (nSPS) is 10.1. The summed E-state index contributed by atoms with van der Waals surface area (Å²) in [5.41, 5.74) is 1.14. The van der Waals surface area contributed by atoms with Gasteiger partial charge < -0.3 is 19.8 Å². The van der Waals surface area contributed by atoms with Gasteiger partial charge in [0.15, 0.2) is 11.5 Å². The number of nitrogens with zero attached hydrogens (tertiary/aromatic N) is 1. The Labute approximate surface area is 133 Å². The predicted molar refractivity (Wildman–Crippen MR) is 86.1 cm³/mol. The van der Waals surface area contributed by atoms with Crippen LogP contribution in [0.2, 0.25) is 0 Å². The number of hydrogen-bond acceptors (Lipinski definition) is 4. The van der Waals surface area contributed by atoms with Gasteiger partial charge in [-0.25, -0.2) is 4.98 Å². The molecule has 0 saturated carbocycles. The summed E-state index contributed by atoms with van der Waals surface area (Å²) in [7, 11) is 1.58. The minimum absolute atomic E-state index is 0.202. The summed E-state index contributed by atoms with van der Waals surface area (Å²) in [5, 5.41) is 2.76. The Hall–Kier alpha value is -3.28. The number of carbonyl (C=O) groups excluding carboxylic acids is 1. The Bertz CT molecular complexity index is 783. The van der Waals surface area contributed by atoms with Crippen LogP contribution in [0.5, 0.6) is 17.4 Å². The van der Waals surface area contributed by atoms with E-state index in [1.165, 1.54) is 6.20 Å². The number of amides is 1. The van der Waals surface area contributed by atoms with Crippen molar-refractivity contribution in [3.63, 3.8) is 0 Å². The minimum Gasteiger partial charge on any atom is -0.493 e. The van der Waals surface area contributed by atoms with Gasteiger partial charge in [0.25, 0.3) is 5.91 Å². The topological polar surface area (TPSA) is 76.2 Å². The van der Waals surface area contributed by atoms with Gasteiger partial charge in [0.05, 0.1) is 24.6 Å². The number of rotatable bonds is 5. The van der Waals surface area contributed by atoms with Gasteiger partial charge >= 0.3 is 0 Å². The Morgan fingerprint density at radius 1 is 1.13 bits per heavy atom. The van der Waals surface area contributed by atoms with Crippen LogP contribution in [0, 0.1) is 0 Å². The molecule has 0 atom stereocenters. The molecule has 0 aliphatic rings. The molecular weight excluding hydrogens is 294 g/mol. The lowest BCUT2D eigenvalue weighted by molar-refractivity contribution is 0.102. The Balaban J connectivity index is 1.68. The fourth-order valence-electron chi connectivity index (χ4n) is 2.00. The average Bonchev–Trinajstić information content (AvgIpc) is 3.12. The van der Waals surface area contributed by atoms with Crippen molar-refractivity contribution in [3.05, 3.63) is 66.6 Å². The van der Waals surface area contributed by atoms with Crippen molar-refractivity contribution in [2.45, 2.75) is 0 Å². The molecule has 1 aromatic carbocycles. The van der Waals surface area contributed by atoms with E-state index in [0.717, 1.165) is 0 Å². The number of benzene rings is 1. The fraction of sp³-hybridized carbons (Fsp3) is 0.0588. The molecule has 2 aromatic heterocycles. The second-order valence-electron chi connectivity index (χ2n) is 4.69. The van der Waals surface area contributed by atoms with Gasteiger partial charge in [-0.2, -0.15) is 0 Å². The molecule has 0 aliphatic carbocycles. The van der Waals surface area contributed by atoms with Crippen molar-refractivity contribution in [2.24, 2.45) is 0 Å². The standard InChI is InChI=1S/C17H15N3O3/c1-22-14-4-2-3-5-15(14)23-16-7-6-13(11-19-16)20-17(21)12-8-9-18-10-12/h2-11,18H,1H3,(H,20,21). The largest absolute Gasteiger partial charge is 0.493 e. The fourth-order valence-corrected chi connectivity index (χ4v) is 2.00. The molecule has 3 rings (SSSR count). The number of H-pyrrole nitrogens is 1. The number of ether oxygens (including phenoxy) is 2. The first-order valence-corrected chi connectivity index (χ1v) is 6.97. The van der Waals surface area contributed by atoms with Crippen LogP contribution in [-0.4, -0.2) is 23.0 Å². The number of anilines is 1. The third-order valence-electron chi connectivity index (χ3n) is 3.14. The molecule has 0 spiro atoms. The Morgan fingerprint density at radius 3 is 2.61 bits per heavy atom. The number of para-hydroxylation sites is 2. The Morgan fingerprint density at radius 2 is 1.96 bits per heavy atom. The second kappa shape index (κ2) is 6.65. The second-order valence-corrected chi connectivity index (χ2v) is 4.69. The summed E-state index contributed by atoms with van der Waals surface area (Å²) in [5.74, 6) is 1.41. The molecule has 1 amide bonds. The van der Waals surface area contributed by atoms with E-state index < -0.39 is 0 Å². The highest BCUT2D eigenvalue weighted by Crippen LogP contribution is 2.30. The number of hydrogen-bond donors (Lipinski definition) is 2. The van der Waals surface area contributed by atoms with E-state index in [9.17, 15) is 4.79 Å². The van der Waals surface area contributed by atoms with E-state index >= 15 is 0 Å². The maximum atomic E-state index is 11.9. The third-order valence-corrected chi connectivity index (χ3v) is 3.14. The molecular formula is C17H15N3O3. The van der Waals surface area contributed by atoms with Crippen molar-refractivity contribution in [1.82, 2.24) is 9.97 Å². The zero-order valence-electron chi connectivity index (χ0n) is 12.4. The highest BCUT2D eigenvalue weighted by Gasteiger charge is 2.08. The molecule has 116 valence electrons. The van der Waals surface area contributed by atoms with Gasteiger partial charge in [0.2, 0.25) is 5.88 Å². The summed E-state index contributed by atoms with van der Waals surface area (Å²) in [6.45, 7) is 0. The summed E-state index contributed by atoms with van der Waals surface area (Å²) < 4.78 is 10.9. The number of nitrogens with one attached hydrogen (secondary N) is 2. The van der Waals surface area contributed by atoms with E-state index in [2.05, 4.69) is 15.3 Å². The van der Waals surface area contributed by atoms with Crippen LogP contribution in [0.4, 0.5) is 5.69 Å². The van der Waals surface area contributed by atoms with Gasteiger partial charge in [0, 0.05) is 18.5 Å². The van der Waals surface area contributed by atoms with Crippen LogP contribution in [-0.2, 0) is 0 Å². The first-order valence-electron chi connectivity index (χ1n) is 6.97. The maximum Gasteiger partial charge on any atom is 0.257 e. The van der Waals surface area contributed by atoms with Crippen LogP contribution < -0.4 is 14.8 Å². The Kier molecular flexibility index (Phi) is 4.24. The van der Waals surface area contributed by atoms with Crippen molar-refractivity contribution < 1.29 is 14.3 Å². The summed E-state index contributed by atoms with van der Waals surface area (Å²) in [6.07, 6.45) is 4.86. The molecule has 6 heteroatoms. The summed E-state index contributed by atoms with van der Waals surface area (Å²) in [6, 6.07) is 12.4. The van der Waals surface area contributed by atoms with Crippen LogP contribution in [0.25, 0.3) is 0 Å². The predicted octanol–water partition coefficient (Wildman–Crippen LogP) is 3.46. The lowest BCUT2D eigenvalue weighted by Crippen LogP contribution is -2.10. The molecule has 23 heavy (non-hydrogen) atoms. The molecule has 0 bridgehead atoms. The molecule has 3 aromatic rings. The molecule has 6 nitrogen and oxygen atoms in total. The zero-order valence-corrected chi connectivity index (χ0v) is 12.4. The molecule has 0 fully saturated rings. The quantitative estimate of drug-likeness (QED) is 0.756. The monoisotopic (exact) mass is 309 g/mol. The van der Waals surface area contributed by atoms with Crippen LogP contribution in [0.15, 0.2) is 61.1 Å². The molecule has 2 heterocycles. The van der Waals surface area contributed by atoms with E-state index in [4.69, 9.17) is 9.47 Å². The molecule has 0 saturated heterocycles. The molecule has 0 radical (unpaired) electrons. The molecule has 0 aliphatic heterocycles. The number of aromatic amines is 1. The molecule has 2 N–H and O–H groups in total. The van der Waals surface area contributed by atoms with Crippen molar-refractivity contribution in [1.29, 1.82) is 0 Å². The lowest BCUT2D eigenvalue weighted by atomic mass is 10.3. The van der Waals surface area contributed by atoms with E-state index in [1.54, 1.807) is 49.8 Å². The smallest absolute Gasteiger partial charge is 0.257 e. The van der Waals surface area contributed by atoms with E-state index in [0.29, 0.717) is 28.6 Å². The number of pyridine rings is 1. The van der Waals surface area contributed by atoms with Gasteiger partial charge in [0.1, 0.15) is 0 Å². The number of methoxy groups -OCH3 is 1. The van der Waals surface area contributed by atoms with Crippen LogP contribution in [0.3, 0.4) is 0 Å². The third kappa shape index (κ3) is 3.49. The minimum atomic E-state index is -0.202. The van der Waals surface area contributed by atoms with E-state index in [1.807, 2.05) is 12.1 Å². The maximum absolute atomic E-state index is 11.9. The highest BCUT2D eigenvalue weighted by atomic mass is 16.5. The van der Waals surface area contributed by atoms with Gasteiger partial charge in [-0.1, -0.05) is 12.1 Å². The summed E-state index contributed by atoms with van der Waals surface area (Å²) >= 11 is 0. The number of carbonyl (C=O) groups is 1. The average molecular weight is 309 g/mol. The van der Waals surface area contributed by atoms with Crippen molar-refractivity contribution in [2.75, 3.05) is 12.4 Å². The zero-order chi connectivity index (χ0) is 16.1. The SMILES string of the molecule is COc1ccccc1Oc1ccc(NC(=O)c2cc[nH]c2)cn1. The van der Waals surface area contributed by atoms with Crippen molar-refractivity contribution >= 4 is 11.6 Å². The first-order chi connectivity index (χ1) is 11.3. The summed E-state index contributed by atoms with van der Waals surface area (Å²) in [4.78, 5) is 18.9.